The largest absolute Gasteiger partial charge is 0.333 e. The minimum absolute atomic E-state index is 0.338. The molecule has 0 aliphatic rings. The van der Waals surface area contributed by atoms with Crippen LogP contribution in [0.4, 0.5) is 0 Å². The van der Waals surface area contributed by atoms with Crippen molar-refractivity contribution in [1.29, 1.82) is 5.26 Å². The van der Waals surface area contributed by atoms with Crippen LogP contribution >= 0.6 is 8.38 Å². The van der Waals surface area contributed by atoms with Crippen molar-refractivity contribution in [3.05, 3.63) is 0 Å². The highest BCUT2D eigenvalue weighted by Gasteiger charge is 2.13. The molecule has 2 atom stereocenters. The lowest BCUT2D eigenvalue weighted by molar-refractivity contribution is 0.161. The van der Waals surface area contributed by atoms with E-state index in [4.69, 9.17) is 14.3 Å². The Hall–Kier alpha value is -0.160. The number of hydrogen-bond donors (Lipinski definition) is 0. The van der Waals surface area contributed by atoms with Crippen molar-refractivity contribution in [3.63, 3.8) is 0 Å². The van der Waals surface area contributed by atoms with Gasteiger partial charge in [0.25, 0.3) is 0 Å². The van der Waals surface area contributed by atoms with Crippen molar-refractivity contribution in [2.75, 3.05) is 13.3 Å². The van der Waals surface area contributed by atoms with Gasteiger partial charge in [-0.2, -0.15) is 5.26 Å². The Bertz CT molecular complexity index is 206. The van der Waals surface area contributed by atoms with Gasteiger partial charge in [-0.15, -0.1) is 0 Å². The minimum atomic E-state index is -0.815. The summed E-state index contributed by atoms with van der Waals surface area (Å²) in [6, 6.07) is 2.07. The molecule has 0 rings (SSSR count). The van der Waals surface area contributed by atoms with Gasteiger partial charge in [0.05, 0.1) is 25.2 Å². The lowest BCUT2D eigenvalue weighted by Crippen LogP contribution is -2.10. The summed E-state index contributed by atoms with van der Waals surface area (Å²) in [7, 11) is -0.815. The topological polar surface area (TPSA) is 42.2 Å². The molecule has 0 saturated carbocycles. The quantitative estimate of drug-likeness (QED) is 0.401. The maximum Gasteiger partial charge on any atom is 0.167 e. The molecule has 3 nitrogen and oxygen atoms in total. The van der Waals surface area contributed by atoms with Crippen molar-refractivity contribution in [2.45, 2.75) is 64.9 Å². The first kappa shape index (κ1) is 16.8. The van der Waals surface area contributed by atoms with Gasteiger partial charge in [0, 0.05) is 6.66 Å². The van der Waals surface area contributed by atoms with Gasteiger partial charge in [-0.05, 0) is 12.8 Å². The summed E-state index contributed by atoms with van der Waals surface area (Å²) in [6.45, 7) is 6.87. The van der Waals surface area contributed by atoms with E-state index < -0.39 is 8.38 Å². The van der Waals surface area contributed by atoms with Crippen molar-refractivity contribution in [2.24, 2.45) is 0 Å². The summed E-state index contributed by atoms with van der Waals surface area (Å²) < 4.78 is 11.4. The Morgan fingerprint density at radius 3 is 2.53 bits per heavy atom. The first-order chi connectivity index (χ1) is 8.24. The lowest BCUT2D eigenvalue weighted by atomic mass is 10.1. The fourth-order valence-electron chi connectivity index (χ4n) is 1.65. The molecule has 0 N–H and O–H groups in total. The van der Waals surface area contributed by atoms with Gasteiger partial charge in [-0.25, -0.2) is 0 Å². The zero-order chi connectivity index (χ0) is 12.9. The predicted molar refractivity (Wildman–Crippen MR) is 72.9 cm³/mol. The average molecular weight is 259 g/mol. The van der Waals surface area contributed by atoms with Crippen LogP contribution in [0.15, 0.2) is 0 Å². The van der Waals surface area contributed by atoms with E-state index in [1.165, 1.54) is 19.3 Å². The highest BCUT2D eigenvalue weighted by atomic mass is 31.2. The molecule has 0 spiro atoms. The number of nitrogens with zero attached hydrogens (tertiary/aromatic N) is 1. The molecular formula is C13H26NO2P. The van der Waals surface area contributed by atoms with Crippen LogP contribution in [0.3, 0.4) is 0 Å². The van der Waals surface area contributed by atoms with Gasteiger partial charge in [-0.1, -0.05) is 39.5 Å². The number of rotatable bonds is 11. The molecule has 0 saturated heterocycles. The van der Waals surface area contributed by atoms with Crippen LogP contribution in [0.5, 0.6) is 0 Å². The molecule has 0 aromatic heterocycles. The lowest BCUT2D eigenvalue weighted by Gasteiger charge is -2.21. The maximum atomic E-state index is 8.42. The van der Waals surface area contributed by atoms with Gasteiger partial charge in [-0.3, -0.25) is 0 Å². The first-order valence-electron chi connectivity index (χ1n) is 6.64. The Morgan fingerprint density at radius 2 is 1.94 bits per heavy atom. The molecule has 0 aliphatic heterocycles. The number of unbranched alkanes of at least 4 members (excludes halogenated alkanes) is 2. The predicted octanol–water partition coefficient (Wildman–Crippen LogP) is 4.62. The number of hydrogen-bond acceptors (Lipinski definition) is 3. The van der Waals surface area contributed by atoms with E-state index in [0.29, 0.717) is 19.1 Å². The Morgan fingerprint density at radius 1 is 1.18 bits per heavy atom. The van der Waals surface area contributed by atoms with E-state index in [1.807, 2.05) is 6.66 Å². The molecule has 17 heavy (non-hydrogen) atoms. The van der Waals surface area contributed by atoms with E-state index in [2.05, 4.69) is 19.9 Å². The highest BCUT2D eigenvalue weighted by molar-refractivity contribution is 7.46. The molecule has 0 heterocycles. The van der Waals surface area contributed by atoms with Crippen LogP contribution in [0.25, 0.3) is 0 Å². The van der Waals surface area contributed by atoms with Crippen LogP contribution in [0, 0.1) is 11.3 Å². The van der Waals surface area contributed by atoms with E-state index in [0.717, 1.165) is 19.3 Å². The van der Waals surface area contributed by atoms with Gasteiger partial charge >= 0.3 is 0 Å². The molecule has 0 aromatic carbocycles. The highest BCUT2D eigenvalue weighted by Crippen LogP contribution is 2.37. The monoisotopic (exact) mass is 259 g/mol. The van der Waals surface area contributed by atoms with Crippen LogP contribution in [-0.4, -0.2) is 19.4 Å². The van der Waals surface area contributed by atoms with Crippen LogP contribution in [0.1, 0.15) is 58.8 Å². The third kappa shape index (κ3) is 10.7. The molecule has 0 aliphatic carbocycles. The van der Waals surface area contributed by atoms with Gasteiger partial charge in [0.15, 0.2) is 8.38 Å². The van der Waals surface area contributed by atoms with Crippen LogP contribution in [-0.2, 0) is 9.05 Å². The van der Waals surface area contributed by atoms with E-state index >= 15 is 0 Å². The Labute approximate surface area is 107 Å². The molecule has 2 unspecified atom stereocenters. The number of nitriles is 1. The molecule has 0 aromatic rings. The second-order valence-corrected chi connectivity index (χ2v) is 5.54. The third-order valence-electron chi connectivity index (χ3n) is 2.52. The standard InChI is InChI=1S/C13H26NO2P/c1-4-6-7-10-13(9-5-2)16-17(3)15-12-8-11-14/h13H,4-10,12H2,1-3H3. The summed E-state index contributed by atoms with van der Waals surface area (Å²) in [5.41, 5.74) is 0. The Balaban J connectivity index is 3.76. The molecule has 4 heteroatoms. The van der Waals surface area contributed by atoms with Crippen LogP contribution < -0.4 is 0 Å². The fraction of sp³-hybridized carbons (Fsp3) is 0.923. The minimum Gasteiger partial charge on any atom is -0.333 e. The van der Waals surface area contributed by atoms with E-state index in [9.17, 15) is 0 Å². The molecular weight excluding hydrogens is 233 g/mol. The summed E-state index contributed by atoms with van der Waals surface area (Å²) >= 11 is 0. The summed E-state index contributed by atoms with van der Waals surface area (Å²) in [6.07, 6.45) is 7.95. The molecule has 0 fully saturated rings. The second kappa shape index (κ2) is 12.3. The van der Waals surface area contributed by atoms with Gasteiger partial charge in [0.2, 0.25) is 0 Å². The third-order valence-corrected chi connectivity index (χ3v) is 3.67. The Kier molecular flexibility index (Phi) is 12.2. The molecule has 0 radical (unpaired) electrons. The second-order valence-electron chi connectivity index (χ2n) is 4.19. The van der Waals surface area contributed by atoms with Crippen molar-refractivity contribution < 1.29 is 9.05 Å². The van der Waals surface area contributed by atoms with E-state index in [-0.39, 0.29) is 0 Å². The van der Waals surface area contributed by atoms with Crippen molar-refractivity contribution >= 4 is 8.38 Å². The smallest absolute Gasteiger partial charge is 0.167 e. The van der Waals surface area contributed by atoms with Crippen LogP contribution in [0.2, 0.25) is 0 Å². The summed E-state index contributed by atoms with van der Waals surface area (Å²) in [5, 5.41) is 8.42. The van der Waals surface area contributed by atoms with Gasteiger partial charge < -0.3 is 9.05 Å². The summed E-state index contributed by atoms with van der Waals surface area (Å²) in [5.74, 6) is 0. The summed E-state index contributed by atoms with van der Waals surface area (Å²) in [4.78, 5) is 0. The van der Waals surface area contributed by atoms with E-state index in [1.54, 1.807) is 0 Å². The molecule has 0 amide bonds. The fourth-order valence-corrected chi connectivity index (χ4v) is 2.69. The zero-order valence-electron chi connectivity index (χ0n) is 11.4. The SMILES string of the molecule is CCCCCC(CCC)OP(C)OCCC#N. The van der Waals surface area contributed by atoms with Crippen molar-refractivity contribution in [1.82, 2.24) is 0 Å². The average Bonchev–Trinajstić information content (AvgIpc) is 2.30. The normalized spacial score (nSPS) is 14.2. The van der Waals surface area contributed by atoms with Gasteiger partial charge in [0.1, 0.15) is 0 Å². The first-order valence-corrected chi connectivity index (χ1v) is 8.27. The maximum absolute atomic E-state index is 8.42. The van der Waals surface area contributed by atoms with Crippen molar-refractivity contribution in [3.8, 4) is 6.07 Å². The zero-order valence-corrected chi connectivity index (χ0v) is 12.3. The molecule has 100 valence electrons. The molecule has 0 bridgehead atoms.